The normalized spacial score (nSPS) is 11.8. The largest absolute Gasteiger partial charge is 0.493 e. The van der Waals surface area contributed by atoms with Gasteiger partial charge in [-0.25, -0.2) is 4.98 Å². The number of anilines is 1. The maximum Gasteiger partial charge on any atom is 0.220 e. The van der Waals surface area contributed by atoms with Crippen LogP contribution in [0.4, 0.5) is 5.69 Å². The Morgan fingerprint density at radius 2 is 2.20 bits per heavy atom. The lowest BCUT2D eigenvalue weighted by atomic mass is 10.2. The van der Waals surface area contributed by atoms with Crippen molar-refractivity contribution in [1.82, 2.24) is 4.98 Å². The van der Waals surface area contributed by atoms with Gasteiger partial charge in [-0.1, -0.05) is 0 Å². The van der Waals surface area contributed by atoms with Gasteiger partial charge >= 0.3 is 0 Å². The molecule has 3 N–H and O–H groups in total. The Morgan fingerprint density at radius 1 is 1.45 bits per heavy atom. The van der Waals surface area contributed by atoms with E-state index in [2.05, 4.69) is 17.2 Å². The molecule has 0 spiro atoms. The SMILES string of the molecule is CC(Nc1ccc(OCCC(N)=O)cc1)c1nccs1. The number of carbonyl (C=O) groups is 1. The van der Waals surface area contributed by atoms with Gasteiger partial charge in [-0.3, -0.25) is 4.79 Å². The summed E-state index contributed by atoms with van der Waals surface area (Å²) in [6.45, 7) is 2.37. The molecule has 1 unspecified atom stereocenters. The Kier molecular flexibility index (Phi) is 4.95. The highest BCUT2D eigenvalue weighted by molar-refractivity contribution is 7.09. The number of thiazole rings is 1. The van der Waals surface area contributed by atoms with Gasteiger partial charge in [0.15, 0.2) is 0 Å². The molecule has 0 saturated heterocycles. The molecule has 0 aliphatic carbocycles. The fourth-order valence-electron chi connectivity index (χ4n) is 1.68. The minimum absolute atomic E-state index is 0.164. The molecule has 0 aliphatic heterocycles. The van der Waals surface area contributed by atoms with Gasteiger partial charge < -0.3 is 15.8 Å². The molecule has 106 valence electrons. The number of amides is 1. The zero-order valence-corrected chi connectivity index (χ0v) is 12.0. The van der Waals surface area contributed by atoms with Crippen LogP contribution >= 0.6 is 11.3 Å². The number of carbonyl (C=O) groups excluding carboxylic acids is 1. The molecule has 2 aromatic rings. The van der Waals surface area contributed by atoms with E-state index in [0.29, 0.717) is 6.61 Å². The molecule has 1 atom stereocenters. The predicted octanol–water partition coefficient (Wildman–Crippen LogP) is 2.57. The number of nitrogens with zero attached hydrogens (tertiary/aromatic N) is 1. The van der Waals surface area contributed by atoms with E-state index in [1.165, 1.54) is 0 Å². The van der Waals surface area contributed by atoms with Crippen LogP contribution in [0.25, 0.3) is 0 Å². The smallest absolute Gasteiger partial charge is 0.220 e. The molecule has 0 saturated carbocycles. The van der Waals surface area contributed by atoms with E-state index in [1.54, 1.807) is 17.5 Å². The van der Waals surface area contributed by atoms with E-state index in [0.717, 1.165) is 16.4 Å². The Morgan fingerprint density at radius 3 is 2.80 bits per heavy atom. The summed E-state index contributed by atoms with van der Waals surface area (Å²) in [4.78, 5) is 14.9. The Balaban J connectivity index is 1.86. The summed E-state index contributed by atoms with van der Waals surface area (Å²) >= 11 is 1.63. The van der Waals surface area contributed by atoms with E-state index in [4.69, 9.17) is 10.5 Å². The summed E-state index contributed by atoms with van der Waals surface area (Å²) < 4.78 is 5.41. The molecular weight excluding hydrogens is 274 g/mol. The first-order valence-electron chi connectivity index (χ1n) is 6.32. The number of hydrogen-bond acceptors (Lipinski definition) is 5. The highest BCUT2D eigenvalue weighted by atomic mass is 32.1. The number of aromatic nitrogens is 1. The first-order valence-corrected chi connectivity index (χ1v) is 7.20. The highest BCUT2D eigenvalue weighted by Crippen LogP contribution is 2.22. The minimum atomic E-state index is -0.361. The lowest BCUT2D eigenvalue weighted by molar-refractivity contribution is -0.118. The molecule has 0 fully saturated rings. The summed E-state index contributed by atoms with van der Waals surface area (Å²) in [6.07, 6.45) is 2.02. The molecule has 20 heavy (non-hydrogen) atoms. The Labute approximate surface area is 121 Å². The van der Waals surface area contributed by atoms with Crippen molar-refractivity contribution in [2.24, 2.45) is 5.73 Å². The maximum absolute atomic E-state index is 10.6. The van der Waals surface area contributed by atoms with E-state index in [9.17, 15) is 4.79 Å². The average Bonchev–Trinajstić information content (AvgIpc) is 2.94. The molecule has 0 bridgehead atoms. The van der Waals surface area contributed by atoms with Crippen molar-refractivity contribution in [1.29, 1.82) is 0 Å². The van der Waals surface area contributed by atoms with Gasteiger partial charge in [0.25, 0.3) is 0 Å². The van der Waals surface area contributed by atoms with Crippen LogP contribution in [-0.4, -0.2) is 17.5 Å². The van der Waals surface area contributed by atoms with Gasteiger partial charge in [-0.05, 0) is 31.2 Å². The average molecular weight is 291 g/mol. The van der Waals surface area contributed by atoms with Crippen LogP contribution in [0.15, 0.2) is 35.8 Å². The van der Waals surface area contributed by atoms with Crippen LogP contribution in [0.5, 0.6) is 5.75 Å². The molecule has 1 aromatic carbocycles. The molecule has 0 radical (unpaired) electrons. The first kappa shape index (κ1) is 14.3. The van der Waals surface area contributed by atoms with E-state index in [1.807, 2.05) is 29.6 Å². The first-order chi connectivity index (χ1) is 9.65. The number of nitrogens with one attached hydrogen (secondary N) is 1. The van der Waals surface area contributed by atoms with Crippen molar-refractivity contribution in [3.63, 3.8) is 0 Å². The third kappa shape index (κ3) is 4.24. The van der Waals surface area contributed by atoms with Crippen LogP contribution in [-0.2, 0) is 4.79 Å². The molecule has 6 heteroatoms. The number of primary amides is 1. The fourth-order valence-corrected chi connectivity index (χ4v) is 2.32. The van der Waals surface area contributed by atoms with Crippen molar-refractivity contribution in [3.8, 4) is 5.75 Å². The molecule has 5 nitrogen and oxygen atoms in total. The summed E-state index contributed by atoms with van der Waals surface area (Å²) in [5.74, 6) is 0.360. The van der Waals surface area contributed by atoms with Gasteiger partial charge in [-0.15, -0.1) is 11.3 Å². The van der Waals surface area contributed by atoms with Gasteiger partial charge in [0.1, 0.15) is 10.8 Å². The Bertz CT molecular complexity index is 540. The number of ether oxygens (including phenoxy) is 1. The van der Waals surface area contributed by atoms with Crippen LogP contribution in [0.2, 0.25) is 0 Å². The number of hydrogen-bond donors (Lipinski definition) is 2. The zero-order valence-electron chi connectivity index (χ0n) is 11.2. The predicted molar refractivity (Wildman–Crippen MR) is 79.9 cm³/mol. The third-order valence-electron chi connectivity index (χ3n) is 2.68. The van der Waals surface area contributed by atoms with Crippen LogP contribution < -0.4 is 15.8 Å². The standard InChI is InChI=1S/C14H17N3O2S/c1-10(14-16-7-9-20-14)17-11-2-4-12(5-3-11)19-8-6-13(15)18/h2-5,7,9-10,17H,6,8H2,1H3,(H2,15,18). The second kappa shape index (κ2) is 6.91. The Hall–Kier alpha value is -2.08. The number of nitrogens with two attached hydrogens (primary N) is 1. The summed E-state index contributed by atoms with van der Waals surface area (Å²) in [7, 11) is 0. The van der Waals surface area contributed by atoms with Crippen molar-refractivity contribution in [3.05, 3.63) is 40.8 Å². The maximum atomic E-state index is 10.6. The van der Waals surface area contributed by atoms with Crippen LogP contribution in [0.3, 0.4) is 0 Å². The van der Waals surface area contributed by atoms with Crippen molar-refractivity contribution >= 4 is 22.9 Å². The van der Waals surface area contributed by atoms with Gasteiger partial charge in [-0.2, -0.15) is 0 Å². The molecular formula is C14H17N3O2S. The lowest BCUT2D eigenvalue weighted by Crippen LogP contribution is -2.14. The quantitative estimate of drug-likeness (QED) is 0.822. The van der Waals surface area contributed by atoms with Gasteiger partial charge in [0.05, 0.1) is 19.1 Å². The van der Waals surface area contributed by atoms with Crippen LogP contribution in [0.1, 0.15) is 24.4 Å². The molecule has 1 amide bonds. The molecule has 1 heterocycles. The fraction of sp³-hybridized carbons (Fsp3) is 0.286. The lowest BCUT2D eigenvalue weighted by Gasteiger charge is -2.13. The topological polar surface area (TPSA) is 77.2 Å². The van der Waals surface area contributed by atoms with Crippen LogP contribution in [0, 0.1) is 0 Å². The van der Waals surface area contributed by atoms with Crippen molar-refractivity contribution in [2.45, 2.75) is 19.4 Å². The van der Waals surface area contributed by atoms with E-state index >= 15 is 0 Å². The highest BCUT2D eigenvalue weighted by Gasteiger charge is 2.07. The van der Waals surface area contributed by atoms with Crippen molar-refractivity contribution in [2.75, 3.05) is 11.9 Å². The molecule has 1 aromatic heterocycles. The molecule has 0 aliphatic rings. The van der Waals surface area contributed by atoms with E-state index in [-0.39, 0.29) is 18.4 Å². The number of rotatable bonds is 7. The zero-order chi connectivity index (χ0) is 14.4. The van der Waals surface area contributed by atoms with Gasteiger partial charge in [0, 0.05) is 17.3 Å². The van der Waals surface area contributed by atoms with Crippen molar-refractivity contribution < 1.29 is 9.53 Å². The second-order valence-electron chi connectivity index (χ2n) is 4.33. The monoisotopic (exact) mass is 291 g/mol. The third-order valence-corrected chi connectivity index (χ3v) is 3.63. The second-order valence-corrected chi connectivity index (χ2v) is 5.25. The minimum Gasteiger partial charge on any atom is -0.493 e. The van der Waals surface area contributed by atoms with Gasteiger partial charge in [0.2, 0.25) is 5.91 Å². The molecule has 2 rings (SSSR count). The summed E-state index contributed by atoms with van der Waals surface area (Å²) in [5.41, 5.74) is 6.04. The number of benzene rings is 1. The summed E-state index contributed by atoms with van der Waals surface area (Å²) in [6, 6.07) is 7.75. The summed E-state index contributed by atoms with van der Waals surface area (Å²) in [5, 5.41) is 6.37. The van der Waals surface area contributed by atoms with E-state index < -0.39 is 0 Å².